The van der Waals surface area contributed by atoms with Gasteiger partial charge in [0.25, 0.3) is 0 Å². The highest BCUT2D eigenvalue weighted by atomic mass is 16.5. The number of benzene rings is 1. The minimum absolute atomic E-state index is 0.131. The number of ether oxygens (including phenoxy) is 1. The van der Waals surface area contributed by atoms with Crippen molar-refractivity contribution >= 4 is 5.97 Å². The van der Waals surface area contributed by atoms with Gasteiger partial charge in [0, 0.05) is 5.56 Å². The van der Waals surface area contributed by atoms with Crippen LogP contribution in [0.25, 0.3) is 0 Å². The standard InChI is InChI=1S/C13H16O4/c14-11-7-6-10(13(15)16)12-9(11)5-3-1-2-4-8-17-12/h6-7,14H,1-5,8H2,(H,15,16). The summed E-state index contributed by atoms with van der Waals surface area (Å²) in [5, 5.41) is 18.9. The van der Waals surface area contributed by atoms with Gasteiger partial charge in [-0.1, -0.05) is 12.8 Å². The van der Waals surface area contributed by atoms with E-state index in [0.717, 1.165) is 25.7 Å². The molecule has 17 heavy (non-hydrogen) atoms. The van der Waals surface area contributed by atoms with Gasteiger partial charge in [0.15, 0.2) is 0 Å². The molecule has 2 rings (SSSR count). The molecule has 4 nitrogen and oxygen atoms in total. The monoisotopic (exact) mass is 236 g/mol. The predicted molar refractivity (Wildman–Crippen MR) is 62.7 cm³/mol. The Balaban J connectivity index is 2.45. The van der Waals surface area contributed by atoms with Crippen LogP contribution in [0, 0.1) is 0 Å². The van der Waals surface area contributed by atoms with Gasteiger partial charge in [-0.2, -0.15) is 0 Å². The first-order valence-corrected chi connectivity index (χ1v) is 5.91. The molecule has 0 saturated heterocycles. The highest BCUT2D eigenvalue weighted by Gasteiger charge is 2.19. The summed E-state index contributed by atoms with van der Waals surface area (Å²) in [5.41, 5.74) is 0.770. The Hall–Kier alpha value is -1.71. The third kappa shape index (κ3) is 2.52. The third-order valence-corrected chi connectivity index (χ3v) is 3.03. The number of aromatic carboxylic acids is 1. The maximum Gasteiger partial charge on any atom is 0.339 e. The Labute approximate surface area is 99.8 Å². The Morgan fingerprint density at radius 3 is 2.71 bits per heavy atom. The van der Waals surface area contributed by atoms with Crippen LogP contribution in [-0.4, -0.2) is 22.8 Å². The molecule has 0 bridgehead atoms. The molecule has 0 atom stereocenters. The SMILES string of the molecule is O=C(O)c1ccc(O)c2c1OCCCCCC2. The molecule has 1 aliphatic rings. The van der Waals surface area contributed by atoms with E-state index in [1.165, 1.54) is 12.1 Å². The molecule has 0 saturated carbocycles. The van der Waals surface area contributed by atoms with Gasteiger partial charge in [-0.05, 0) is 31.4 Å². The second-order valence-corrected chi connectivity index (χ2v) is 4.26. The Bertz CT molecular complexity index is 426. The van der Waals surface area contributed by atoms with Gasteiger partial charge in [-0.25, -0.2) is 4.79 Å². The average molecular weight is 236 g/mol. The van der Waals surface area contributed by atoms with Gasteiger partial charge in [0.1, 0.15) is 17.1 Å². The lowest BCUT2D eigenvalue weighted by Crippen LogP contribution is -2.06. The van der Waals surface area contributed by atoms with Gasteiger partial charge in [-0.3, -0.25) is 0 Å². The van der Waals surface area contributed by atoms with Gasteiger partial charge in [-0.15, -0.1) is 0 Å². The van der Waals surface area contributed by atoms with Crippen molar-refractivity contribution in [3.63, 3.8) is 0 Å². The predicted octanol–water partition coefficient (Wildman–Crippen LogP) is 2.59. The van der Waals surface area contributed by atoms with Crippen molar-refractivity contribution in [2.24, 2.45) is 0 Å². The Kier molecular flexibility index (Phi) is 3.52. The van der Waals surface area contributed by atoms with Gasteiger partial charge < -0.3 is 14.9 Å². The number of carbonyl (C=O) groups is 1. The summed E-state index contributed by atoms with van der Waals surface area (Å²) in [7, 11) is 0. The molecule has 0 radical (unpaired) electrons. The number of phenols is 1. The van der Waals surface area contributed by atoms with Crippen LogP contribution in [0.4, 0.5) is 0 Å². The molecule has 1 aromatic carbocycles. The van der Waals surface area contributed by atoms with Gasteiger partial charge in [0.2, 0.25) is 0 Å². The van der Waals surface area contributed by atoms with Crippen LogP contribution < -0.4 is 4.74 Å². The molecule has 2 N–H and O–H groups in total. The second kappa shape index (κ2) is 5.08. The lowest BCUT2D eigenvalue weighted by atomic mass is 10.0. The van der Waals surface area contributed by atoms with E-state index in [-0.39, 0.29) is 11.3 Å². The van der Waals surface area contributed by atoms with Crippen LogP contribution in [0.1, 0.15) is 41.6 Å². The molecule has 0 fully saturated rings. The number of rotatable bonds is 1. The van der Waals surface area contributed by atoms with Crippen molar-refractivity contribution in [3.05, 3.63) is 23.3 Å². The Morgan fingerprint density at radius 2 is 1.94 bits per heavy atom. The normalized spacial score (nSPS) is 16.0. The van der Waals surface area contributed by atoms with Crippen molar-refractivity contribution in [2.75, 3.05) is 6.61 Å². The van der Waals surface area contributed by atoms with Crippen LogP contribution in [-0.2, 0) is 6.42 Å². The van der Waals surface area contributed by atoms with Gasteiger partial charge >= 0.3 is 5.97 Å². The van der Waals surface area contributed by atoms with Crippen LogP contribution in [0.15, 0.2) is 12.1 Å². The zero-order valence-electron chi connectivity index (χ0n) is 9.61. The van der Waals surface area contributed by atoms with Crippen LogP contribution in [0.5, 0.6) is 11.5 Å². The average Bonchev–Trinajstić information content (AvgIpc) is 2.41. The summed E-state index contributed by atoms with van der Waals surface area (Å²) < 4.78 is 5.54. The quantitative estimate of drug-likeness (QED) is 0.786. The van der Waals surface area contributed by atoms with Crippen molar-refractivity contribution in [1.82, 2.24) is 0 Å². The number of carboxylic acids is 1. The first-order chi connectivity index (χ1) is 8.20. The fourth-order valence-corrected chi connectivity index (χ4v) is 2.12. The molecule has 0 unspecified atom stereocenters. The molecule has 4 heteroatoms. The van der Waals surface area contributed by atoms with Crippen molar-refractivity contribution in [2.45, 2.75) is 32.1 Å². The van der Waals surface area contributed by atoms with Crippen LogP contribution >= 0.6 is 0 Å². The van der Waals surface area contributed by atoms with E-state index < -0.39 is 5.97 Å². The summed E-state index contributed by atoms with van der Waals surface area (Å²) in [6.45, 7) is 0.511. The third-order valence-electron chi connectivity index (χ3n) is 3.03. The van der Waals surface area contributed by atoms with Crippen molar-refractivity contribution in [3.8, 4) is 11.5 Å². The molecule has 0 aromatic heterocycles. The Morgan fingerprint density at radius 1 is 1.18 bits per heavy atom. The fraction of sp³-hybridized carbons (Fsp3) is 0.462. The van der Waals surface area contributed by atoms with Crippen molar-refractivity contribution in [1.29, 1.82) is 0 Å². The van der Waals surface area contributed by atoms with E-state index in [0.29, 0.717) is 24.3 Å². The van der Waals surface area contributed by atoms with Crippen LogP contribution in [0.2, 0.25) is 0 Å². The molecule has 1 aromatic rings. The smallest absolute Gasteiger partial charge is 0.339 e. The fourth-order valence-electron chi connectivity index (χ4n) is 2.12. The molecule has 92 valence electrons. The largest absolute Gasteiger partial charge is 0.508 e. The minimum Gasteiger partial charge on any atom is -0.508 e. The summed E-state index contributed by atoms with van der Waals surface area (Å²) in [6, 6.07) is 2.83. The molecule has 1 aliphatic heterocycles. The van der Waals surface area contributed by atoms with E-state index in [4.69, 9.17) is 9.84 Å². The minimum atomic E-state index is -1.01. The van der Waals surface area contributed by atoms with Gasteiger partial charge in [0.05, 0.1) is 6.61 Å². The lowest BCUT2D eigenvalue weighted by molar-refractivity contribution is 0.0692. The topological polar surface area (TPSA) is 66.8 Å². The molecule has 1 heterocycles. The maximum absolute atomic E-state index is 11.1. The van der Waals surface area contributed by atoms with E-state index >= 15 is 0 Å². The van der Waals surface area contributed by atoms with E-state index in [2.05, 4.69) is 0 Å². The van der Waals surface area contributed by atoms with Crippen molar-refractivity contribution < 1.29 is 19.7 Å². The second-order valence-electron chi connectivity index (χ2n) is 4.26. The molecular weight excluding hydrogens is 220 g/mol. The summed E-state index contributed by atoms with van der Waals surface area (Å²) in [5.74, 6) is -0.535. The number of hydrogen-bond acceptors (Lipinski definition) is 3. The van der Waals surface area contributed by atoms with E-state index in [1.807, 2.05) is 0 Å². The molecular formula is C13H16O4. The zero-order valence-corrected chi connectivity index (χ0v) is 9.61. The molecule has 0 aliphatic carbocycles. The lowest BCUT2D eigenvalue weighted by Gasteiger charge is -2.13. The number of aromatic hydroxyl groups is 1. The first kappa shape index (κ1) is 11.8. The summed E-state index contributed by atoms with van der Waals surface area (Å²) in [4.78, 5) is 11.1. The summed E-state index contributed by atoms with van der Waals surface area (Å²) >= 11 is 0. The summed E-state index contributed by atoms with van der Waals surface area (Å²) in [6.07, 6.45) is 4.71. The van der Waals surface area contributed by atoms with E-state index in [1.54, 1.807) is 0 Å². The maximum atomic E-state index is 11.1. The number of carboxylic acid groups (broad SMARTS) is 1. The first-order valence-electron chi connectivity index (χ1n) is 5.91. The highest BCUT2D eigenvalue weighted by molar-refractivity contribution is 5.92. The number of hydrogen-bond donors (Lipinski definition) is 2. The highest BCUT2D eigenvalue weighted by Crippen LogP contribution is 2.34. The van der Waals surface area contributed by atoms with E-state index in [9.17, 15) is 9.90 Å². The molecule has 0 spiro atoms. The number of fused-ring (bicyclic) bond motifs is 1. The number of phenolic OH excluding ortho intramolecular Hbond substituents is 1. The molecule has 0 amide bonds. The zero-order chi connectivity index (χ0) is 12.3. The van der Waals surface area contributed by atoms with Crippen LogP contribution in [0.3, 0.4) is 0 Å².